The van der Waals surface area contributed by atoms with Gasteiger partial charge in [-0.05, 0) is 85.6 Å². The van der Waals surface area contributed by atoms with Gasteiger partial charge in [0, 0.05) is 7.05 Å². The van der Waals surface area contributed by atoms with E-state index in [0.717, 1.165) is 29.1 Å². The van der Waals surface area contributed by atoms with Gasteiger partial charge in [-0.2, -0.15) is 5.26 Å². The highest BCUT2D eigenvalue weighted by atomic mass is 32.2. The minimum Gasteiger partial charge on any atom is -0.386 e. The molecule has 0 radical (unpaired) electrons. The maximum atomic E-state index is 8.91. The Labute approximate surface area is 154 Å². The van der Waals surface area contributed by atoms with Crippen LogP contribution in [-0.4, -0.2) is 18.5 Å². The van der Waals surface area contributed by atoms with Crippen molar-refractivity contribution in [2.45, 2.75) is 43.9 Å². The predicted molar refractivity (Wildman–Crippen MR) is 105 cm³/mol. The number of benzene rings is 1. The molecular formula is C20H26N4S. The minimum atomic E-state index is 0.369. The Hall–Kier alpha value is -1.67. The fourth-order valence-electron chi connectivity index (χ4n) is 5.91. The van der Waals surface area contributed by atoms with Crippen LogP contribution in [-0.2, 0) is 5.41 Å². The first kappa shape index (κ1) is 16.8. The molecule has 1 aromatic carbocycles. The van der Waals surface area contributed by atoms with E-state index >= 15 is 0 Å². The zero-order chi connectivity index (χ0) is 17.4. The van der Waals surface area contributed by atoms with Gasteiger partial charge in [0.2, 0.25) is 0 Å². The largest absolute Gasteiger partial charge is 0.386 e. The third-order valence-electron chi connectivity index (χ3n) is 6.50. The SMILES string of the molecule is CNc1ccc(C23CC4CC(CC(C4)C2)C3)cc1N=C(NC#N)SC. The molecule has 4 saturated carbocycles. The monoisotopic (exact) mass is 354 g/mol. The van der Waals surface area contributed by atoms with Crippen LogP contribution in [0.1, 0.15) is 44.1 Å². The highest BCUT2D eigenvalue weighted by Crippen LogP contribution is 2.61. The lowest BCUT2D eigenvalue weighted by molar-refractivity contribution is -0.00516. The van der Waals surface area contributed by atoms with Crippen LogP contribution in [0.4, 0.5) is 11.4 Å². The second-order valence-electron chi connectivity index (χ2n) is 8.04. The number of thioether (sulfide) groups is 1. The number of anilines is 1. The molecule has 4 nitrogen and oxygen atoms in total. The molecule has 0 aromatic heterocycles. The lowest BCUT2D eigenvalue weighted by Crippen LogP contribution is -2.48. The van der Waals surface area contributed by atoms with Crippen LogP contribution < -0.4 is 10.6 Å². The first-order valence-corrected chi connectivity index (χ1v) is 10.5. The second-order valence-corrected chi connectivity index (χ2v) is 8.83. The molecule has 0 spiro atoms. The Kier molecular flexibility index (Phi) is 4.41. The van der Waals surface area contributed by atoms with Gasteiger partial charge in [-0.15, -0.1) is 0 Å². The zero-order valence-corrected chi connectivity index (χ0v) is 15.8. The summed E-state index contributed by atoms with van der Waals surface area (Å²) in [5.41, 5.74) is 3.78. The van der Waals surface area contributed by atoms with Crippen molar-refractivity contribution in [3.05, 3.63) is 23.8 Å². The number of aliphatic imine (C=N–C) groups is 1. The molecule has 0 amide bonds. The van der Waals surface area contributed by atoms with Crippen LogP contribution in [0.25, 0.3) is 0 Å². The number of nitriles is 1. The molecule has 5 rings (SSSR count). The van der Waals surface area contributed by atoms with Gasteiger partial charge in [-0.3, -0.25) is 5.32 Å². The Morgan fingerprint density at radius 2 is 1.84 bits per heavy atom. The minimum absolute atomic E-state index is 0.369. The summed E-state index contributed by atoms with van der Waals surface area (Å²) in [6.07, 6.45) is 12.4. The van der Waals surface area contributed by atoms with Gasteiger partial charge in [0.05, 0.1) is 11.4 Å². The van der Waals surface area contributed by atoms with E-state index in [1.165, 1.54) is 55.9 Å². The molecule has 0 unspecified atom stereocenters. The van der Waals surface area contributed by atoms with E-state index in [0.29, 0.717) is 10.6 Å². The van der Waals surface area contributed by atoms with E-state index in [9.17, 15) is 0 Å². The smallest absolute Gasteiger partial charge is 0.183 e. The quantitative estimate of drug-likeness (QED) is 0.360. The number of hydrogen-bond acceptors (Lipinski definition) is 4. The second kappa shape index (κ2) is 6.57. The van der Waals surface area contributed by atoms with Crippen molar-refractivity contribution < 1.29 is 0 Å². The third-order valence-corrected chi connectivity index (χ3v) is 7.08. The summed E-state index contributed by atoms with van der Waals surface area (Å²) in [6.45, 7) is 0. The Bertz CT molecular complexity index is 698. The molecule has 1 aromatic rings. The summed E-state index contributed by atoms with van der Waals surface area (Å²) in [7, 11) is 1.93. The number of nitrogens with one attached hydrogen (secondary N) is 2. The van der Waals surface area contributed by atoms with Crippen LogP contribution in [0, 0.1) is 29.2 Å². The van der Waals surface area contributed by atoms with Gasteiger partial charge in [-0.25, -0.2) is 4.99 Å². The molecule has 4 aliphatic carbocycles. The zero-order valence-electron chi connectivity index (χ0n) is 15.0. The molecule has 2 N–H and O–H groups in total. The summed E-state index contributed by atoms with van der Waals surface area (Å²) in [4.78, 5) is 4.71. The van der Waals surface area contributed by atoms with Crippen LogP contribution in [0.3, 0.4) is 0 Å². The van der Waals surface area contributed by atoms with Crippen molar-refractivity contribution in [2.75, 3.05) is 18.6 Å². The highest BCUT2D eigenvalue weighted by molar-refractivity contribution is 8.13. The number of amidine groups is 1. The van der Waals surface area contributed by atoms with Crippen LogP contribution in [0.5, 0.6) is 0 Å². The normalized spacial score (nSPS) is 33.2. The maximum absolute atomic E-state index is 8.91. The molecule has 0 aliphatic heterocycles. The number of nitrogens with zero attached hydrogens (tertiary/aromatic N) is 2. The van der Waals surface area contributed by atoms with Crippen LogP contribution in [0.15, 0.2) is 23.2 Å². The summed E-state index contributed by atoms with van der Waals surface area (Å²) in [6, 6.07) is 6.75. The van der Waals surface area contributed by atoms with Crippen molar-refractivity contribution in [1.82, 2.24) is 5.32 Å². The van der Waals surface area contributed by atoms with Gasteiger partial charge in [0.1, 0.15) is 0 Å². The van der Waals surface area contributed by atoms with Gasteiger partial charge >= 0.3 is 0 Å². The average molecular weight is 355 g/mol. The number of rotatable bonds is 3. The fraction of sp³-hybridized carbons (Fsp3) is 0.600. The standard InChI is InChI=1S/C20H26N4S/c1-22-17-4-3-16(8-18(17)24-19(25-2)23-12-21)20-9-13-5-14(10-20)7-15(6-13)11-20/h3-4,8,13-15,22H,5-7,9-11H2,1-2H3,(H,23,24). The van der Waals surface area contributed by atoms with E-state index in [1.807, 2.05) is 19.5 Å². The average Bonchev–Trinajstić information content (AvgIpc) is 2.60. The van der Waals surface area contributed by atoms with Crippen molar-refractivity contribution in [1.29, 1.82) is 5.26 Å². The molecule has 4 bridgehead atoms. The van der Waals surface area contributed by atoms with Crippen LogP contribution >= 0.6 is 11.8 Å². The van der Waals surface area contributed by atoms with Gasteiger partial charge in [0.25, 0.3) is 0 Å². The lowest BCUT2D eigenvalue weighted by Gasteiger charge is -2.57. The lowest BCUT2D eigenvalue weighted by atomic mass is 9.48. The van der Waals surface area contributed by atoms with E-state index in [1.54, 1.807) is 0 Å². The Balaban J connectivity index is 1.72. The molecule has 25 heavy (non-hydrogen) atoms. The van der Waals surface area contributed by atoms with Crippen molar-refractivity contribution in [3.63, 3.8) is 0 Å². The summed E-state index contributed by atoms with van der Waals surface area (Å²) < 4.78 is 0. The Morgan fingerprint density at radius 3 is 2.36 bits per heavy atom. The fourth-order valence-corrected chi connectivity index (χ4v) is 6.25. The predicted octanol–water partition coefficient (Wildman–Crippen LogP) is 4.62. The van der Waals surface area contributed by atoms with Gasteiger partial charge in [0.15, 0.2) is 11.4 Å². The van der Waals surface area contributed by atoms with E-state index in [-0.39, 0.29) is 0 Å². The van der Waals surface area contributed by atoms with Crippen molar-refractivity contribution in [2.24, 2.45) is 22.7 Å². The topological polar surface area (TPSA) is 60.2 Å². The van der Waals surface area contributed by atoms with Gasteiger partial charge in [-0.1, -0.05) is 17.8 Å². The maximum Gasteiger partial charge on any atom is 0.183 e. The molecule has 4 aliphatic rings. The number of hydrogen-bond donors (Lipinski definition) is 2. The molecule has 0 saturated heterocycles. The third kappa shape index (κ3) is 3.01. The van der Waals surface area contributed by atoms with E-state index < -0.39 is 0 Å². The first-order chi connectivity index (χ1) is 12.2. The molecule has 5 heteroatoms. The highest BCUT2D eigenvalue weighted by Gasteiger charge is 2.51. The van der Waals surface area contributed by atoms with Crippen molar-refractivity contribution in [3.8, 4) is 6.19 Å². The summed E-state index contributed by atoms with van der Waals surface area (Å²) in [5.74, 6) is 2.80. The van der Waals surface area contributed by atoms with Gasteiger partial charge < -0.3 is 5.32 Å². The van der Waals surface area contributed by atoms with Crippen LogP contribution in [0.2, 0.25) is 0 Å². The Morgan fingerprint density at radius 1 is 1.20 bits per heavy atom. The molecule has 0 heterocycles. The summed E-state index contributed by atoms with van der Waals surface area (Å²) in [5, 5.41) is 15.5. The summed E-state index contributed by atoms with van der Waals surface area (Å²) >= 11 is 1.46. The first-order valence-electron chi connectivity index (χ1n) is 9.26. The molecular weight excluding hydrogens is 328 g/mol. The van der Waals surface area contributed by atoms with E-state index in [2.05, 4.69) is 28.8 Å². The molecule has 0 atom stereocenters. The molecule has 132 valence electrons. The van der Waals surface area contributed by atoms with Crippen molar-refractivity contribution >= 4 is 28.3 Å². The van der Waals surface area contributed by atoms with E-state index in [4.69, 9.17) is 10.3 Å². The molecule has 4 fully saturated rings.